The third-order valence-electron chi connectivity index (χ3n) is 11.8. The van der Waals surface area contributed by atoms with Gasteiger partial charge in [0.05, 0.1) is 16.6 Å². The Balaban J connectivity index is 1.18. The van der Waals surface area contributed by atoms with E-state index < -0.39 is 14.3 Å². The number of aromatic nitrogens is 2. The van der Waals surface area contributed by atoms with E-state index in [1.807, 2.05) is 84.9 Å². The van der Waals surface area contributed by atoms with Gasteiger partial charge in [-0.25, -0.2) is 4.98 Å². The van der Waals surface area contributed by atoms with E-state index in [1.165, 1.54) is 0 Å². The molecule has 55 heavy (non-hydrogen) atoms. The van der Waals surface area contributed by atoms with Gasteiger partial charge in [-0.2, -0.15) is 0 Å². The molecular formula is C49H30N2O2P2. The lowest BCUT2D eigenvalue weighted by Gasteiger charge is -2.19. The first kappa shape index (κ1) is 31.1. The molecule has 10 aromatic rings. The standard InChI is InChI=1S/C49H30N2O2P2/c52-54(45-18-8-4-14-37(45)38-15-5-9-19-46(38)54)33-23-25-35-36-26-24-34(55(53)47-20-10-6-16-39(47)40-17-7-11-21-48(40)55)30-43(36)51-44-28-32(31-12-2-1-3-13-31)22-27-42(44)50-49(51)41(35)29-33/h1-30H. The van der Waals surface area contributed by atoms with Crippen LogP contribution in [0, 0.1) is 0 Å². The van der Waals surface area contributed by atoms with Gasteiger partial charge >= 0.3 is 0 Å². The minimum absolute atomic E-state index is 0.777. The zero-order valence-corrected chi connectivity index (χ0v) is 31.2. The van der Waals surface area contributed by atoms with Crippen molar-refractivity contribution in [3.8, 4) is 33.4 Å². The van der Waals surface area contributed by atoms with E-state index in [0.29, 0.717) is 0 Å². The zero-order chi connectivity index (χ0) is 36.5. The predicted octanol–water partition coefficient (Wildman–Crippen LogP) is 9.70. The highest BCUT2D eigenvalue weighted by molar-refractivity contribution is 7.87. The van der Waals surface area contributed by atoms with Crippen molar-refractivity contribution in [2.24, 2.45) is 0 Å². The minimum atomic E-state index is -3.21. The normalized spacial score (nSPS) is 14.6. The number of fused-ring (bicyclic) bond motifs is 14. The second kappa shape index (κ2) is 11.1. The van der Waals surface area contributed by atoms with E-state index in [9.17, 15) is 0 Å². The molecule has 12 rings (SSSR count). The maximum absolute atomic E-state index is 15.7. The van der Waals surface area contributed by atoms with Crippen molar-refractivity contribution in [2.75, 3.05) is 0 Å². The zero-order valence-electron chi connectivity index (χ0n) is 29.4. The maximum Gasteiger partial charge on any atom is 0.172 e. The van der Waals surface area contributed by atoms with Gasteiger partial charge in [0, 0.05) is 42.6 Å². The molecular weight excluding hydrogens is 710 g/mol. The van der Waals surface area contributed by atoms with Gasteiger partial charge < -0.3 is 9.13 Å². The first-order chi connectivity index (χ1) is 27.0. The van der Waals surface area contributed by atoms with Crippen LogP contribution >= 0.6 is 14.3 Å². The van der Waals surface area contributed by atoms with E-state index >= 15 is 9.13 Å². The molecule has 0 atom stereocenters. The highest BCUT2D eigenvalue weighted by atomic mass is 31.2. The predicted molar refractivity (Wildman–Crippen MR) is 230 cm³/mol. The van der Waals surface area contributed by atoms with E-state index in [0.717, 1.165) is 104 Å². The van der Waals surface area contributed by atoms with E-state index in [1.54, 1.807) is 0 Å². The van der Waals surface area contributed by atoms with Crippen LogP contribution in [0.25, 0.3) is 71.7 Å². The number of rotatable bonds is 3. The topological polar surface area (TPSA) is 51.4 Å². The van der Waals surface area contributed by atoms with Crippen LogP contribution in [0.2, 0.25) is 0 Å². The lowest BCUT2D eigenvalue weighted by atomic mass is 10.0. The summed E-state index contributed by atoms with van der Waals surface area (Å²) in [7, 11) is -6.40. The summed E-state index contributed by atoms with van der Waals surface area (Å²) in [6.07, 6.45) is 0. The van der Waals surface area contributed by atoms with Crippen LogP contribution < -0.4 is 31.8 Å². The van der Waals surface area contributed by atoms with Crippen LogP contribution in [0.3, 0.4) is 0 Å². The van der Waals surface area contributed by atoms with Crippen molar-refractivity contribution >= 4 is 84.5 Å². The van der Waals surface area contributed by atoms with Gasteiger partial charge in [-0.05, 0) is 63.0 Å². The van der Waals surface area contributed by atoms with Gasteiger partial charge in [0.2, 0.25) is 0 Å². The first-order valence-corrected chi connectivity index (χ1v) is 21.9. The van der Waals surface area contributed by atoms with Gasteiger partial charge in [-0.1, -0.05) is 158 Å². The van der Waals surface area contributed by atoms with Crippen LogP contribution in [-0.2, 0) is 9.13 Å². The van der Waals surface area contributed by atoms with Gasteiger partial charge in [0.15, 0.2) is 14.3 Å². The SMILES string of the molecule is O=P1(c2ccc3c4ccc(P5(=O)c6ccccc6-c6ccccc65)cc4n4c5cc(-c6ccccc6)ccc5nc4c3c2)c2ccccc2-c2ccccc21. The quantitative estimate of drug-likeness (QED) is 0.134. The maximum atomic E-state index is 15.7. The lowest BCUT2D eigenvalue weighted by molar-refractivity contribution is 0.592. The third kappa shape index (κ3) is 4.05. The van der Waals surface area contributed by atoms with Crippen molar-refractivity contribution in [2.45, 2.75) is 0 Å². The fourth-order valence-electron chi connectivity index (χ4n) is 9.31. The van der Waals surface area contributed by atoms with E-state index in [2.05, 4.69) is 101 Å². The van der Waals surface area contributed by atoms with Gasteiger partial charge in [-0.15, -0.1) is 0 Å². The average molecular weight is 741 g/mol. The summed E-state index contributed by atoms with van der Waals surface area (Å²) in [6.45, 7) is 0. The summed E-state index contributed by atoms with van der Waals surface area (Å²) in [5.74, 6) is 0. The third-order valence-corrected chi connectivity index (χ3v) is 18.1. The number of imidazole rings is 1. The molecule has 0 radical (unpaired) electrons. The number of nitrogens with zero attached hydrogens (tertiary/aromatic N) is 2. The molecule has 0 amide bonds. The van der Waals surface area contributed by atoms with Crippen LogP contribution in [0.1, 0.15) is 0 Å². The van der Waals surface area contributed by atoms with Crippen molar-refractivity contribution in [3.05, 3.63) is 182 Å². The Bertz CT molecular complexity index is 3300. The first-order valence-electron chi connectivity index (χ1n) is 18.5. The number of benzene rings is 8. The second-order valence-corrected chi connectivity index (χ2v) is 20.0. The molecule has 6 heteroatoms. The van der Waals surface area contributed by atoms with Crippen molar-refractivity contribution in [1.82, 2.24) is 9.38 Å². The molecule has 0 N–H and O–H groups in total. The second-order valence-electron chi connectivity index (χ2n) is 14.6. The summed E-state index contributed by atoms with van der Waals surface area (Å²) >= 11 is 0. The molecule has 4 heterocycles. The minimum Gasteiger partial charge on any atom is -0.309 e. The van der Waals surface area contributed by atoms with Gasteiger partial charge in [-0.3, -0.25) is 4.40 Å². The molecule has 258 valence electrons. The van der Waals surface area contributed by atoms with E-state index in [4.69, 9.17) is 4.98 Å². The summed E-state index contributed by atoms with van der Waals surface area (Å²) < 4.78 is 33.6. The summed E-state index contributed by atoms with van der Waals surface area (Å²) in [4.78, 5) is 5.33. The lowest BCUT2D eigenvalue weighted by Crippen LogP contribution is -2.21. The van der Waals surface area contributed by atoms with Crippen molar-refractivity contribution < 1.29 is 9.13 Å². The van der Waals surface area contributed by atoms with Crippen LogP contribution in [0.4, 0.5) is 0 Å². The van der Waals surface area contributed by atoms with Crippen molar-refractivity contribution in [1.29, 1.82) is 0 Å². The Morgan fingerprint density at radius 2 is 0.873 bits per heavy atom. The molecule has 0 saturated carbocycles. The monoisotopic (exact) mass is 740 g/mol. The molecule has 0 spiro atoms. The molecule has 0 fully saturated rings. The number of hydrogen-bond donors (Lipinski definition) is 0. The smallest absolute Gasteiger partial charge is 0.172 e. The molecule has 2 aromatic heterocycles. The Hall–Kier alpha value is -6.31. The fourth-order valence-corrected chi connectivity index (χ4v) is 15.4. The highest BCUT2D eigenvalue weighted by Gasteiger charge is 2.41. The Morgan fingerprint density at radius 1 is 0.382 bits per heavy atom. The summed E-state index contributed by atoms with van der Waals surface area (Å²) in [6, 6.07) is 61.9. The molecule has 4 nitrogen and oxygen atoms in total. The van der Waals surface area contributed by atoms with Crippen molar-refractivity contribution in [3.63, 3.8) is 0 Å². The molecule has 2 aliphatic rings. The van der Waals surface area contributed by atoms with Crippen LogP contribution in [0.15, 0.2) is 182 Å². The Morgan fingerprint density at radius 3 is 1.44 bits per heavy atom. The van der Waals surface area contributed by atoms with E-state index in [-0.39, 0.29) is 0 Å². The molecule has 0 saturated heterocycles. The number of hydrogen-bond acceptors (Lipinski definition) is 3. The van der Waals surface area contributed by atoms with Gasteiger partial charge in [0.25, 0.3) is 0 Å². The van der Waals surface area contributed by atoms with Crippen LogP contribution in [0.5, 0.6) is 0 Å². The Labute approximate surface area is 317 Å². The molecule has 0 unspecified atom stereocenters. The Kier molecular flexibility index (Phi) is 6.28. The molecule has 0 bridgehead atoms. The summed E-state index contributed by atoms with van der Waals surface area (Å²) in [5, 5.41) is 8.03. The summed E-state index contributed by atoms with van der Waals surface area (Å²) in [5.41, 5.74) is 9.85. The van der Waals surface area contributed by atoms with Crippen LogP contribution in [-0.4, -0.2) is 9.38 Å². The largest absolute Gasteiger partial charge is 0.309 e. The number of pyridine rings is 1. The fraction of sp³-hybridized carbons (Fsp3) is 0. The molecule has 0 aliphatic carbocycles. The average Bonchev–Trinajstić information content (AvgIpc) is 3.86. The van der Waals surface area contributed by atoms with Gasteiger partial charge in [0.1, 0.15) is 5.65 Å². The molecule has 2 aliphatic heterocycles. The highest BCUT2D eigenvalue weighted by Crippen LogP contribution is 2.54. The molecule has 8 aromatic carbocycles.